The second-order valence-corrected chi connectivity index (χ2v) is 4.54. The molecule has 1 aromatic rings. The molecule has 1 heterocycles. The van der Waals surface area contributed by atoms with Crippen molar-refractivity contribution in [1.29, 1.82) is 0 Å². The summed E-state index contributed by atoms with van der Waals surface area (Å²) in [4.78, 5) is 0. The van der Waals surface area contributed by atoms with Crippen molar-refractivity contribution in [3.8, 4) is 0 Å². The summed E-state index contributed by atoms with van der Waals surface area (Å²) in [6, 6.07) is 0. The van der Waals surface area contributed by atoms with Crippen LogP contribution in [-0.2, 0) is 0 Å². The van der Waals surface area contributed by atoms with Gasteiger partial charge in [-0.05, 0) is 37.2 Å². The van der Waals surface area contributed by atoms with Crippen LogP contribution in [0.4, 0.5) is 0 Å². The predicted octanol–water partition coefficient (Wildman–Crippen LogP) is 2.81. The van der Waals surface area contributed by atoms with Gasteiger partial charge in [-0.25, -0.2) is 0 Å². The van der Waals surface area contributed by atoms with Crippen LogP contribution in [0, 0.1) is 12.3 Å². The van der Waals surface area contributed by atoms with Gasteiger partial charge in [-0.15, -0.1) is 0 Å². The molecule has 0 saturated heterocycles. The summed E-state index contributed by atoms with van der Waals surface area (Å²) in [5.74, 6) is 0. The highest BCUT2D eigenvalue weighted by atomic mass is 16.3. The van der Waals surface area contributed by atoms with Gasteiger partial charge in [0.1, 0.15) is 0 Å². The average Bonchev–Trinajstić information content (AvgIpc) is 2.63. The Morgan fingerprint density at radius 3 is 2.69 bits per heavy atom. The Morgan fingerprint density at radius 1 is 1.54 bits per heavy atom. The van der Waals surface area contributed by atoms with E-state index in [1.165, 1.54) is 12.8 Å². The van der Waals surface area contributed by atoms with Gasteiger partial charge >= 0.3 is 0 Å². The third-order valence-electron chi connectivity index (χ3n) is 3.04. The first-order valence-corrected chi connectivity index (χ1v) is 4.81. The van der Waals surface area contributed by atoms with Crippen LogP contribution in [0.1, 0.15) is 43.4 Å². The van der Waals surface area contributed by atoms with Gasteiger partial charge in [-0.3, -0.25) is 0 Å². The number of furan rings is 1. The summed E-state index contributed by atoms with van der Waals surface area (Å²) in [6.07, 6.45) is 6.38. The van der Waals surface area contributed by atoms with Crippen LogP contribution >= 0.6 is 0 Å². The van der Waals surface area contributed by atoms with Crippen molar-refractivity contribution < 1.29 is 9.52 Å². The molecule has 1 saturated carbocycles. The molecule has 0 spiro atoms. The lowest BCUT2D eigenvalue weighted by atomic mass is 9.96. The maximum absolute atomic E-state index is 9.91. The first kappa shape index (κ1) is 8.82. The van der Waals surface area contributed by atoms with Crippen molar-refractivity contribution >= 4 is 0 Å². The largest absolute Gasteiger partial charge is 0.472 e. The Bertz CT molecular complexity index is 297. The van der Waals surface area contributed by atoms with E-state index in [0.29, 0.717) is 5.41 Å². The minimum Gasteiger partial charge on any atom is -0.472 e. The standard InChI is InChI=1S/C11H16O2/c1-8-6-13-7-9(8)10(12)5-11(2)3-4-11/h6-7,10,12H,3-5H2,1-2H3. The maximum atomic E-state index is 9.91. The lowest BCUT2D eigenvalue weighted by molar-refractivity contribution is 0.141. The van der Waals surface area contributed by atoms with Crippen LogP contribution in [0.2, 0.25) is 0 Å². The van der Waals surface area contributed by atoms with Crippen molar-refractivity contribution in [3.63, 3.8) is 0 Å². The molecule has 13 heavy (non-hydrogen) atoms. The van der Waals surface area contributed by atoms with E-state index in [0.717, 1.165) is 17.5 Å². The van der Waals surface area contributed by atoms with E-state index >= 15 is 0 Å². The normalized spacial score (nSPS) is 21.5. The fourth-order valence-electron chi connectivity index (χ4n) is 1.71. The zero-order valence-electron chi connectivity index (χ0n) is 8.21. The summed E-state index contributed by atoms with van der Waals surface area (Å²) in [6.45, 7) is 4.20. The van der Waals surface area contributed by atoms with Crippen molar-refractivity contribution in [3.05, 3.63) is 23.7 Å². The predicted molar refractivity (Wildman–Crippen MR) is 50.4 cm³/mol. The summed E-state index contributed by atoms with van der Waals surface area (Å²) in [7, 11) is 0. The quantitative estimate of drug-likeness (QED) is 0.776. The number of aryl methyl sites for hydroxylation is 1. The van der Waals surface area contributed by atoms with Gasteiger partial charge in [0.05, 0.1) is 18.6 Å². The summed E-state index contributed by atoms with van der Waals surface area (Å²) in [5.41, 5.74) is 2.40. The Labute approximate surface area is 78.6 Å². The Kier molecular flexibility index (Phi) is 1.95. The lowest BCUT2D eigenvalue weighted by Crippen LogP contribution is -2.04. The molecule has 1 atom stereocenters. The van der Waals surface area contributed by atoms with Gasteiger partial charge in [0.25, 0.3) is 0 Å². The SMILES string of the molecule is Cc1cocc1C(O)CC1(C)CC1. The molecule has 0 radical (unpaired) electrons. The first-order valence-electron chi connectivity index (χ1n) is 4.81. The van der Waals surface area contributed by atoms with Gasteiger partial charge < -0.3 is 9.52 Å². The number of aliphatic hydroxyl groups is 1. The molecule has 2 rings (SSSR count). The second kappa shape index (κ2) is 2.88. The second-order valence-electron chi connectivity index (χ2n) is 4.54. The monoisotopic (exact) mass is 180 g/mol. The van der Waals surface area contributed by atoms with E-state index < -0.39 is 0 Å². The molecule has 0 amide bonds. The highest BCUT2D eigenvalue weighted by Crippen LogP contribution is 2.51. The smallest absolute Gasteiger partial charge is 0.0963 e. The molecule has 2 heteroatoms. The zero-order chi connectivity index (χ0) is 9.47. The summed E-state index contributed by atoms with van der Waals surface area (Å²) < 4.78 is 5.04. The first-order chi connectivity index (χ1) is 6.11. The number of rotatable bonds is 3. The minimum absolute atomic E-state index is 0.341. The van der Waals surface area contributed by atoms with Crippen LogP contribution < -0.4 is 0 Å². The highest BCUT2D eigenvalue weighted by Gasteiger charge is 2.39. The van der Waals surface area contributed by atoms with Gasteiger partial charge in [-0.1, -0.05) is 6.92 Å². The van der Waals surface area contributed by atoms with Gasteiger partial charge in [0.2, 0.25) is 0 Å². The molecule has 1 aliphatic rings. The fraction of sp³-hybridized carbons (Fsp3) is 0.636. The fourth-order valence-corrected chi connectivity index (χ4v) is 1.71. The topological polar surface area (TPSA) is 33.4 Å². The number of aliphatic hydroxyl groups excluding tert-OH is 1. The lowest BCUT2D eigenvalue weighted by Gasteiger charge is -2.14. The molecular weight excluding hydrogens is 164 g/mol. The third kappa shape index (κ3) is 1.78. The van der Waals surface area contributed by atoms with Gasteiger partial charge in [0, 0.05) is 5.56 Å². The van der Waals surface area contributed by atoms with E-state index in [1.807, 2.05) is 6.92 Å². The van der Waals surface area contributed by atoms with E-state index in [-0.39, 0.29) is 6.10 Å². The zero-order valence-corrected chi connectivity index (χ0v) is 8.21. The summed E-state index contributed by atoms with van der Waals surface area (Å²) in [5, 5.41) is 9.91. The van der Waals surface area contributed by atoms with E-state index in [9.17, 15) is 5.11 Å². The van der Waals surface area contributed by atoms with Crippen molar-refractivity contribution in [2.45, 2.75) is 39.2 Å². The van der Waals surface area contributed by atoms with Crippen LogP contribution in [0.15, 0.2) is 16.9 Å². The third-order valence-corrected chi connectivity index (χ3v) is 3.04. The van der Waals surface area contributed by atoms with Crippen LogP contribution in [0.25, 0.3) is 0 Å². The van der Waals surface area contributed by atoms with Crippen molar-refractivity contribution in [1.82, 2.24) is 0 Å². The molecule has 1 fully saturated rings. The molecule has 0 aliphatic heterocycles. The average molecular weight is 180 g/mol. The van der Waals surface area contributed by atoms with Crippen LogP contribution in [0.3, 0.4) is 0 Å². The van der Waals surface area contributed by atoms with E-state index in [2.05, 4.69) is 6.92 Å². The van der Waals surface area contributed by atoms with Crippen LogP contribution in [0.5, 0.6) is 0 Å². The molecule has 0 bridgehead atoms. The number of hydrogen-bond acceptors (Lipinski definition) is 2. The number of hydrogen-bond donors (Lipinski definition) is 1. The molecule has 2 nitrogen and oxygen atoms in total. The molecule has 1 aliphatic carbocycles. The molecular formula is C11H16O2. The minimum atomic E-state index is -0.341. The van der Waals surface area contributed by atoms with Gasteiger partial charge in [-0.2, -0.15) is 0 Å². The Morgan fingerprint density at radius 2 is 2.23 bits per heavy atom. The molecule has 1 aromatic heterocycles. The molecule has 1 unspecified atom stereocenters. The highest BCUT2D eigenvalue weighted by molar-refractivity contribution is 5.22. The van der Waals surface area contributed by atoms with Crippen molar-refractivity contribution in [2.75, 3.05) is 0 Å². The van der Waals surface area contributed by atoms with Crippen molar-refractivity contribution in [2.24, 2.45) is 5.41 Å². The van der Waals surface area contributed by atoms with E-state index in [1.54, 1.807) is 12.5 Å². The summed E-state index contributed by atoms with van der Waals surface area (Å²) >= 11 is 0. The maximum Gasteiger partial charge on any atom is 0.0963 e. The van der Waals surface area contributed by atoms with Gasteiger partial charge in [0.15, 0.2) is 0 Å². The molecule has 72 valence electrons. The Hall–Kier alpha value is -0.760. The van der Waals surface area contributed by atoms with E-state index in [4.69, 9.17) is 4.42 Å². The molecule has 0 aromatic carbocycles. The van der Waals surface area contributed by atoms with Crippen LogP contribution in [-0.4, -0.2) is 5.11 Å². The Balaban J connectivity index is 2.05. The molecule has 1 N–H and O–H groups in total.